The molecule has 0 spiro atoms. The number of likely N-dealkylation sites (tertiary alicyclic amines) is 1. The van der Waals surface area contributed by atoms with E-state index in [0.29, 0.717) is 48.0 Å². The zero-order chi connectivity index (χ0) is 28.0. The molecule has 3 amide bonds. The minimum absolute atomic E-state index is 0.0792. The Hall–Kier alpha value is -3.02. The molecule has 12 heteroatoms. The summed E-state index contributed by atoms with van der Waals surface area (Å²) in [7, 11) is 2.04. The molecule has 1 saturated carbocycles. The van der Waals surface area contributed by atoms with Crippen molar-refractivity contribution in [3.8, 4) is 0 Å². The fraction of sp³-hybridized carbons (Fsp3) is 0.500. The second-order valence-electron chi connectivity index (χ2n) is 11.1. The Kier molecular flexibility index (Phi) is 7.54. The summed E-state index contributed by atoms with van der Waals surface area (Å²) in [5, 5.41) is 7.97. The molecule has 2 fully saturated rings. The summed E-state index contributed by atoms with van der Waals surface area (Å²) in [5.41, 5.74) is 2.15. The molecule has 4 heterocycles. The van der Waals surface area contributed by atoms with Gasteiger partial charge < -0.3 is 25.4 Å². The third-order valence-electron chi connectivity index (χ3n) is 8.22. The zero-order valence-corrected chi connectivity index (χ0v) is 23.8. The molecule has 3 N–H and O–H groups in total. The largest absolute Gasteiger partial charge is 0.351 e. The van der Waals surface area contributed by atoms with Gasteiger partial charge in [-0.15, -0.1) is 11.3 Å². The second kappa shape index (κ2) is 11.1. The van der Waals surface area contributed by atoms with Crippen molar-refractivity contribution < 1.29 is 18.8 Å². The number of amides is 3. The molecule has 1 aromatic carbocycles. The number of aromatic amines is 1. The van der Waals surface area contributed by atoms with Crippen molar-refractivity contribution in [2.45, 2.75) is 56.9 Å². The number of likely N-dealkylation sites (N-methyl/N-ethyl adjacent to an activating group) is 1. The van der Waals surface area contributed by atoms with Gasteiger partial charge in [0.2, 0.25) is 5.91 Å². The van der Waals surface area contributed by atoms with Crippen LogP contribution in [0.25, 0.3) is 10.9 Å². The molecular formula is C28H32ClFN6O3S. The number of benzene rings is 1. The first-order valence-corrected chi connectivity index (χ1v) is 14.9. The number of H-pyrrole nitrogens is 1. The predicted molar refractivity (Wildman–Crippen MR) is 151 cm³/mol. The molecular weight excluding hydrogens is 555 g/mol. The summed E-state index contributed by atoms with van der Waals surface area (Å²) < 4.78 is 13.8. The van der Waals surface area contributed by atoms with Crippen LogP contribution >= 0.6 is 22.9 Å². The number of alkyl halides is 1. The summed E-state index contributed by atoms with van der Waals surface area (Å²) in [6.45, 7) is 2.20. The van der Waals surface area contributed by atoms with Gasteiger partial charge in [0.1, 0.15) is 11.9 Å². The molecule has 0 bridgehead atoms. The molecule has 3 aliphatic rings. The van der Waals surface area contributed by atoms with E-state index in [9.17, 15) is 18.8 Å². The van der Waals surface area contributed by atoms with Gasteiger partial charge in [0.05, 0.1) is 18.3 Å². The van der Waals surface area contributed by atoms with Crippen LogP contribution in [0.2, 0.25) is 5.02 Å². The van der Waals surface area contributed by atoms with E-state index in [1.165, 1.54) is 11.3 Å². The maximum atomic E-state index is 13.8. The van der Waals surface area contributed by atoms with Gasteiger partial charge in [0, 0.05) is 58.8 Å². The molecule has 212 valence electrons. The number of thiazole rings is 1. The standard InChI is InChI=1S/C28H32ClFN6O3S/c1-35-8-7-21-24(14-35)40-27(34-21)26(38)33-22-11-15(28(39)36-9-6-18(30)13-36)2-4-20(22)32-25(37)23-12-16-10-17(29)3-5-19(16)31-23/h3,5,10,12,15,18,20,22,31H,2,4,6-9,11,13-14H2,1H3,(H,32,37)(H,33,38)/t15-,18-,20-,22+/m0/s1. The Bertz CT molecular complexity index is 1460. The molecule has 1 saturated heterocycles. The molecule has 4 atom stereocenters. The van der Waals surface area contributed by atoms with E-state index in [4.69, 9.17) is 11.6 Å². The third kappa shape index (κ3) is 5.59. The van der Waals surface area contributed by atoms with E-state index >= 15 is 0 Å². The fourth-order valence-corrected chi connectivity index (χ4v) is 7.30. The smallest absolute Gasteiger partial charge is 0.280 e. The topological polar surface area (TPSA) is 110 Å². The lowest BCUT2D eigenvalue weighted by atomic mass is 9.81. The van der Waals surface area contributed by atoms with Gasteiger partial charge in [-0.05, 0) is 57.0 Å². The van der Waals surface area contributed by atoms with Crippen LogP contribution in [-0.4, -0.2) is 82.4 Å². The third-order valence-corrected chi connectivity index (χ3v) is 9.53. The first-order valence-electron chi connectivity index (χ1n) is 13.7. The number of nitrogens with one attached hydrogen (secondary N) is 3. The van der Waals surface area contributed by atoms with Gasteiger partial charge in [-0.25, -0.2) is 9.37 Å². The minimum Gasteiger partial charge on any atom is -0.351 e. The van der Waals surface area contributed by atoms with Gasteiger partial charge in [-0.3, -0.25) is 14.4 Å². The molecule has 9 nitrogen and oxygen atoms in total. The number of rotatable bonds is 5. The van der Waals surface area contributed by atoms with Gasteiger partial charge in [0.15, 0.2) is 5.01 Å². The van der Waals surface area contributed by atoms with E-state index in [1.807, 2.05) is 13.1 Å². The highest BCUT2D eigenvalue weighted by molar-refractivity contribution is 7.13. The Morgan fingerprint density at radius 1 is 1.10 bits per heavy atom. The number of carbonyl (C=O) groups is 3. The first kappa shape index (κ1) is 27.2. The lowest BCUT2D eigenvalue weighted by Gasteiger charge is -2.37. The summed E-state index contributed by atoms with van der Waals surface area (Å²) in [6, 6.07) is 6.24. The molecule has 0 unspecified atom stereocenters. The van der Waals surface area contributed by atoms with Crippen LogP contribution in [0, 0.1) is 5.92 Å². The van der Waals surface area contributed by atoms with E-state index in [2.05, 4.69) is 25.5 Å². The van der Waals surface area contributed by atoms with Crippen LogP contribution in [0.4, 0.5) is 4.39 Å². The number of aromatic nitrogens is 2. The summed E-state index contributed by atoms with van der Waals surface area (Å²) in [4.78, 5) is 52.5. The molecule has 1 aliphatic carbocycles. The average Bonchev–Trinajstić information content (AvgIpc) is 3.66. The van der Waals surface area contributed by atoms with Crippen molar-refractivity contribution in [2.24, 2.45) is 5.92 Å². The van der Waals surface area contributed by atoms with Crippen molar-refractivity contribution >= 4 is 51.6 Å². The lowest BCUT2D eigenvalue weighted by molar-refractivity contribution is -0.136. The molecule has 40 heavy (non-hydrogen) atoms. The van der Waals surface area contributed by atoms with Crippen molar-refractivity contribution in [1.82, 2.24) is 30.4 Å². The number of fused-ring (bicyclic) bond motifs is 2. The van der Waals surface area contributed by atoms with Crippen LogP contribution in [0.3, 0.4) is 0 Å². The molecule has 3 aromatic rings. The number of carbonyl (C=O) groups excluding carboxylic acids is 3. The quantitative estimate of drug-likeness (QED) is 0.424. The Labute approximate surface area is 240 Å². The van der Waals surface area contributed by atoms with Crippen molar-refractivity contribution in [2.75, 3.05) is 26.7 Å². The van der Waals surface area contributed by atoms with Gasteiger partial charge in [0.25, 0.3) is 11.8 Å². The number of nitrogens with zero attached hydrogens (tertiary/aromatic N) is 3. The van der Waals surface area contributed by atoms with E-state index in [-0.39, 0.29) is 36.2 Å². The highest BCUT2D eigenvalue weighted by atomic mass is 35.5. The first-order chi connectivity index (χ1) is 19.2. The SMILES string of the molecule is CN1CCc2nc(C(=O)N[C@@H]3C[C@@H](C(=O)N4CC[C@H](F)C4)CC[C@@H]3NC(=O)c3cc4cc(Cl)ccc4[nH]3)sc2C1. The van der Waals surface area contributed by atoms with E-state index in [0.717, 1.165) is 41.0 Å². The maximum absolute atomic E-state index is 13.8. The Morgan fingerprint density at radius 3 is 2.73 bits per heavy atom. The number of halogens is 2. The van der Waals surface area contributed by atoms with E-state index < -0.39 is 12.2 Å². The fourth-order valence-electron chi connectivity index (χ4n) is 6.03. The van der Waals surface area contributed by atoms with Crippen molar-refractivity contribution in [1.29, 1.82) is 0 Å². The van der Waals surface area contributed by atoms with Gasteiger partial charge in [-0.2, -0.15) is 0 Å². The Balaban J connectivity index is 1.20. The summed E-state index contributed by atoms with van der Waals surface area (Å²) in [6.07, 6.45) is 1.58. The van der Waals surface area contributed by atoms with Crippen LogP contribution in [0.15, 0.2) is 24.3 Å². The van der Waals surface area contributed by atoms with Gasteiger partial charge >= 0.3 is 0 Å². The number of hydrogen-bond acceptors (Lipinski definition) is 6. The molecule has 2 aromatic heterocycles. The normalized spacial score (nSPS) is 25.1. The maximum Gasteiger partial charge on any atom is 0.280 e. The molecule has 0 radical (unpaired) electrons. The van der Waals surface area contributed by atoms with E-state index in [1.54, 1.807) is 23.1 Å². The highest BCUT2D eigenvalue weighted by Crippen LogP contribution is 2.30. The lowest BCUT2D eigenvalue weighted by Crippen LogP contribution is -2.56. The van der Waals surface area contributed by atoms with Crippen LogP contribution in [-0.2, 0) is 17.8 Å². The molecule has 2 aliphatic heterocycles. The minimum atomic E-state index is -0.990. The Morgan fingerprint density at radius 2 is 1.93 bits per heavy atom. The van der Waals surface area contributed by atoms with Crippen LogP contribution < -0.4 is 10.6 Å². The molecule has 6 rings (SSSR count). The van der Waals surface area contributed by atoms with Crippen molar-refractivity contribution in [3.05, 3.63) is 50.6 Å². The summed E-state index contributed by atoms with van der Waals surface area (Å²) in [5.74, 6) is -1.03. The second-order valence-corrected chi connectivity index (χ2v) is 12.7. The van der Waals surface area contributed by atoms with Crippen LogP contribution in [0.5, 0.6) is 0 Å². The monoisotopic (exact) mass is 586 g/mol. The zero-order valence-electron chi connectivity index (χ0n) is 22.2. The van der Waals surface area contributed by atoms with Gasteiger partial charge in [-0.1, -0.05) is 11.6 Å². The number of hydrogen-bond donors (Lipinski definition) is 3. The average molecular weight is 587 g/mol. The van der Waals surface area contributed by atoms with Crippen LogP contribution in [0.1, 0.15) is 56.5 Å². The van der Waals surface area contributed by atoms with Crippen molar-refractivity contribution in [3.63, 3.8) is 0 Å². The highest BCUT2D eigenvalue weighted by Gasteiger charge is 2.39. The predicted octanol–water partition coefficient (Wildman–Crippen LogP) is 3.53. The summed E-state index contributed by atoms with van der Waals surface area (Å²) >= 11 is 7.50.